The van der Waals surface area contributed by atoms with Crippen LogP contribution in [0.25, 0.3) is 0 Å². The lowest BCUT2D eigenvalue weighted by Crippen LogP contribution is -2.38. The Morgan fingerprint density at radius 2 is 2.08 bits per heavy atom. The molecule has 0 aliphatic carbocycles. The van der Waals surface area contributed by atoms with E-state index in [1.54, 1.807) is 13.3 Å². The quantitative estimate of drug-likeness (QED) is 0.342. The normalized spacial score (nSPS) is 11.4. The molecule has 0 unspecified atom stereocenters. The maximum absolute atomic E-state index is 5.53. The van der Waals surface area contributed by atoms with Gasteiger partial charge in [0.2, 0.25) is 5.88 Å². The van der Waals surface area contributed by atoms with Crippen LogP contribution in [0.3, 0.4) is 0 Å². The monoisotopic (exact) mass is 338 g/mol. The molecule has 0 amide bonds. The number of aromatic nitrogens is 1. The number of hydrogen-bond acceptors (Lipinski definition) is 5. The van der Waals surface area contributed by atoms with E-state index in [9.17, 15) is 0 Å². The molecule has 0 atom stereocenters. The highest BCUT2D eigenvalue weighted by atomic mass is 16.5. The zero-order chi connectivity index (χ0) is 17.5. The molecular formula is C17H30N4O3. The molecule has 24 heavy (non-hydrogen) atoms. The van der Waals surface area contributed by atoms with Crippen molar-refractivity contribution in [2.45, 2.75) is 26.8 Å². The summed E-state index contributed by atoms with van der Waals surface area (Å²) in [5.41, 5.74) is 0.972. The van der Waals surface area contributed by atoms with Crippen molar-refractivity contribution >= 4 is 5.96 Å². The molecular weight excluding hydrogens is 308 g/mol. The second kappa shape index (κ2) is 13.6. The summed E-state index contributed by atoms with van der Waals surface area (Å²) < 4.78 is 15.9. The number of aliphatic imine (C=N–C) groups is 1. The molecule has 0 radical (unpaired) electrons. The first-order valence-corrected chi connectivity index (χ1v) is 8.47. The second-order valence-electron chi connectivity index (χ2n) is 4.98. The lowest BCUT2D eigenvalue weighted by molar-refractivity contribution is 0.0698. The summed E-state index contributed by atoms with van der Waals surface area (Å²) >= 11 is 0. The molecule has 0 saturated heterocycles. The predicted molar refractivity (Wildman–Crippen MR) is 95.5 cm³/mol. The minimum absolute atomic E-state index is 0.517. The van der Waals surface area contributed by atoms with Gasteiger partial charge >= 0.3 is 0 Å². The standard InChI is InChI=1S/C17H30N4O3/c1-4-18-17(20-10-7-11-23-13-12-22-3)21-14-15-8-6-9-19-16(15)24-5-2/h6,8-9H,4-5,7,10-14H2,1-3H3,(H2,18,20,21). The Morgan fingerprint density at radius 3 is 2.83 bits per heavy atom. The summed E-state index contributed by atoms with van der Waals surface area (Å²) in [6, 6.07) is 3.87. The Morgan fingerprint density at radius 1 is 1.21 bits per heavy atom. The Hall–Kier alpha value is -1.86. The first-order valence-electron chi connectivity index (χ1n) is 8.47. The highest BCUT2D eigenvalue weighted by molar-refractivity contribution is 5.79. The largest absolute Gasteiger partial charge is 0.478 e. The Labute approximate surface area is 144 Å². The first-order chi connectivity index (χ1) is 11.8. The molecule has 0 aromatic carbocycles. The molecule has 0 bridgehead atoms. The average Bonchev–Trinajstić information content (AvgIpc) is 2.60. The minimum Gasteiger partial charge on any atom is -0.478 e. The van der Waals surface area contributed by atoms with Gasteiger partial charge in [-0.3, -0.25) is 0 Å². The molecule has 1 aromatic rings. The third-order valence-corrected chi connectivity index (χ3v) is 3.07. The number of rotatable bonds is 12. The molecule has 1 rings (SSSR count). The van der Waals surface area contributed by atoms with E-state index in [0.717, 1.165) is 31.0 Å². The Kier molecular flexibility index (Phi) is 11.4. The number of pyridine rings is 1. The van der Waals surface area contributed by atoms with Crippen molar-refractivity contribution in [2.75, 3.05) is 46.6 Å². The predicted octanol–water partition coefficient (Wildman–Crippen LogP) is 1.59. The van der Waals surface area contributed by atoms with Crippen LogP contribution < -0.4 is 15.4 Å². The molecule has 0 spiro atoms. The van der Waals surface area contributed by atoms with Gasteiger partial charge in [-0.25, -0.2) is 9.98 Å². The first kappa shape index (κ1) is 20.2. The van der Waals surface area contributed by atoms with E-state index in [4.69, 9.17) is 14.2 Å². The van der Waals surface area contributed by atoms with Crippen molar-refractivity contribution in [3.8, 4) is 5.88 Å². The SMILES string of the molecule is CCNC(=NCc1cccnc1OCC)NCCCOCCOC. The fourth-order valence-corrected chi connectivity index (χ4v) is 1.94. The lowest BCUT2D eigenvalue weighted by atomic mass is 10.3. The topological polar surface area (TPSA) is 77.0 Å². The van der Waals surface area contributed by atoms with Crippen LogP contribution in [-0.4, -0.2) is 57.6 Å². The van der Waals surface area contributed by atoms with E-state index < -0.39 is 0 Å². The van der Waals surface area contributed by atoms with Crippen LogP contribution in [0.2, 0.25) is 0 Å². The van der Waals surface area contributed by atoms with Crippen LogP contribution in [0.1, 0.15) is 25.8 Å². The number of nitrogens with zero attached hydrogens (tertiary/aromatic N) is 2. The van der Waals surface area contributed by atoms with E-state index in [1.807, 2.05) is 26.0 Å². The summed E-state index contributed by atoms with van der Waals surface area (Å²) in [6.07, 6.45) is 2.64. The molecule has 1 aromatic heterocycles. The zero-order valence-corrected chi connectivity index (χ0v) is 15.0. The lowest BCUT2D eigenvalue weighted by Gasteiger charge is -2.12. The van der Waals surface area contributed by atoms with Gasteiger partial charge in [-0.05, 0) is 26.3 Å². The molecule has 1 heterocycles. The summed E-state index contributed by atoms with van der Waals surface area (Å²) in [7, 11) is 1.67. The van der Waals surface area contributed by atoms with E-state index >= 15 is 0 Å². The van der Waals surface area contributed by atoms with Gasteiger partial charge in [0.1, 0.15) is 0 Å². The molecule has 2 N–H and O–H groups in total. The van der Waals surface area contributed by atoms with E-state index in [0.29, 0.717) is 38.9 Å². The highest BCUT2D eigenvalue weighted by Crippen LogP contribution is 2.15. The molecule has 136 valence electrons. The second-order valence-corrected chi connectivity index (χ2v) is 4.98. The van der Waals surface area contributed by atoms with Crippen LogP contribution in [-0.2, 0) is 16.0 Å². The van der Waals surface area contributed by atoms with Crippen LogP contribution in [0, 0.1) is 0 Å². The van der Waals surface area contributed by atoms with Gasteiger partial charge in [-0.2, -0.15) is 0 Å². The van der Waals surface area contributed by atoms with Gasteiger partial charge in [0.15, 0.2) is 5.96 Å². The van der Waals surface area contributed by atoms with Gasteiger partial charge < -0.3 is 24.8 Å². The van der Waals surface area contributed by atoms with E-state index in [2.05, 4.69) is 20.6 Å². The smallest absolute Gasteiger partial charge is 0.218 e. The van der Waals surface area contributed by atoms with Crippen molar-refractivity contribution in [1.29, 1.82) is 0 Å². The molecule has 0 saturated carbocycles. The summed E-state index contributed by atoms with van der Waals surface area (Å²) in [6.45, 7) is 8.66. The van der Waals surface area contributed by atoms with Crippen LogP contribution in [0.5, 0.6) is 5.88 Å². The number of hydrogen-bond donors (Lipinski definition) is 2. The van der Waals surface area contributed by atoms with Crippen molar-refractivity contribution < 1.29 is 14.2 Å². The maximum Gasteiger partial charge on any atom is 0.218 e. The molecule has 0 aliphatic heterocycles. The molecule has 0 aliphatic rings. The third-order valence-electron chi connectivity index (χ3n) is 3.07. The van der Waals surface area contributed by atoms with Crippen LogP contribution in [0.4, 0.5) is 0 Å². The fourth-order valence-electron chi connectivity index (χ4n) is 1.94. The van der Waals surface area contributed by atoms with Gasteiger partial charge in [-0.1, -0.05) is 6.07 Å². The zero-order valence-electron chi connectivity index (χ0n) is 15.0. The summed E-state index contributed by atoms with van der Waals surface area (Å²) in [4.78, 5) is 8.83. The third kappa shape index (κ3) is 8.69. The summed E-state index contributed by atoms with van der Waals surface area (Å²) in [5, 5.41) is 6.53. The number of guanidine groups is 1. The van der Waals surface area contributed by atoms with Crippen molar-refractivity contribution in [2.24, 2.45) is 4.99 Å². The van der Waals surface area contributed by atoms with Gasteiger partial charge in [0, 0.05) is 38.6 Å². The molecule has 7 heteroatoms. The highest BCUT2D eigenvalue weighted by Gasteiger charge is 2.04. The van der Waals surface area contributed by atoms with Crippen molar-refractivity contribution in [1.82, 2.24) is 15.6 Å². The molecule has 7 nitrogen and oxygen atoms in total. The minimum atomic E-state index is 0.517. The van der Waals surface area contributed by atoms with E-state index in [-0.39, 0.29) is 0 Å². The van der Waals surface area contributed by atoms with Crippen molar-refractivity contribution in [3.05, 3.63) is 23.9 Å². The van der Waals surface area contributed by atoms with E-state index in [1.165, 1.54) is 0 Å². The van der Waals surface area contributed by atoms with Gasteiger partial charge in [0.05, 0.1) is 26.4 Å². The molecule has 0 fully saturated rings. The van der Waals surface area contributed by atoms with Gasteiger partial charge in [-0.15, -0.1) is 0 Å². The van der Waals surface area contributed by atoms with Crippen LogP contribution in [0.15, 0.2) is 23.3 Å². The fraction of sp³-hybridized carbons (Fsp3) is 0.647. The summed E-state index contributed by atoms with van der Waals surface area (Å²) in [5.74, 6) is 1.42. The number of nitrogens with one attached hydrogen (secondary N) is 2. The van der Waals surface area contributed by atoms with Gasteiger partial charge in [0.25, 0.3) is 0 Å². The Bertz CT molecular complexity index is 469. The van der Waals surface area contributed by atoms with Crippen LogP contribution >= 0.6 is 0 Å². The maximum atomic E-state index is 5.53. The average molecular weight is 338 g/mol. The number of methoxy groups -OCH3 is 1. The number of ether oxygens (including phenoxy) is 3. The Balaban J connectivity index is 2.42. The van der Waals surface area contributed by atoms with Crippen molar-refractivity contribution in [3.63, 3.8) is 0 Å².